The summed E-state index contributed by atoms with van der Waals surface area (Å²) in [5.41, 5.74) is 0.701. The zero-order valence-corrected chi connectivity index (χ0v) is 8.44. The highest BCUT2D eigenvalue weighted by molar-refractivity contribution is 7.89. The van der Waals surface area contributed by atoms with Crippen LogP contribution in [0.3, 0.4) is 0 Å². The molecule has 0 radical (unpaired) electrons. The second kappa shape index (κ2) is 3.48. The molecule has 0 aliphatic carbocycles. The molecule has 0 unspecified atom stereocenters. The Balaban J connectivity index is 2.46. The summed E-state index contributed by atoms with van der Waals surface area (Å²) in [6.07, 6.45) is 1.09. The van der Waals surface area contributed by atoms with E-state index in [9.17, 15) is 8.42 Å². The molecule has 0 atom stereocenters. The fraction of sp³-hybridized carbons (Fsp3) is 0. The lowest BCUT2D eigenvalue weighted by Gasteiger charge is -1.93. The van der Waals surface area contributed by atoms with Gasteiger partial charge in [-0.05, 0) is 12.1 Å². The van der Waals surface area contributed by atoms with Crippen molar-refractivity contribution in [3.8, 4) is 11.5 Å². The molecular formula is C9H8N2O3S. The third-order valence-electron chi connectivity index (χ3n) is 1.79. The van der Waals surface area contributed by atoms with Crippen LogP contribution in [0.15, 0.2) is 46.0 Å². The van der Waals surface area contributed by atoms with Gasteiger partial charge in [0.25, 0.3) is 15.1 Å². The summed E-state index contributed by atoms with van der Waals surface area (Å²) in [5, 5.41) is 4.55. The number of aromatic nitrogens is 1. The minimum absolute atomic E-state index is 0.236. The number of oxazole rings is 1. The van der Waals surface area contributed by atoms with Crippen LogP contribution in [0.5, 0.6) is 0 Å². The molecule has 0 fully saturated rings. The Morgan fingerprint density at radius 3 is 2.40 bits per heavy atom. The fourth-order valence-electron chi connectivity index (χ4n) is 1.11. The molecule has 0 saturated carbocycles. The van der Waals surface area contributed by atoms with Gasteiger partial charge in [0.1, 0.15) is 0 Å². The topological polar surface area (TPSA) is 86.2 Å². The van der Waals surface area contributed by atoms with Crippen molar-refractivity contribution in [3.63, 3.8) is 0 Å². The van der Waals surface area contributed by atoms with Crippen LogP contribution in [-0.2, 0) is 10.0 Å². The number of nitrogens with zero attached hydrogens (tertiary/aromatic N) is 1. The van der Waals surface area contributed by atoms with E-state index < -0.39 is 10.0 Å². The van der Waals surface area contributed by atoms with Gasteiger partial charge < -0.3 is 4.42 Å². The highest BCUT2D eigenvalue weighted by atomic mass is 32.2. The Bertz CT molecular complexity index is 560. The molecular weight excluding hydrogens is 216 g/mol. The molecule has 0 aliphatic rings. The van der Waals surface area contributed by atoms with E-state index in [0.29, 0.717) is 5.56 Å². The van der Waals surface area contributed by atoms with Crippen molar-refractivity contribution < 1.29 is 12.8 Å². The Kier molecular flexibility index (Phi) is 2.29. The number of primary sulfonamides is 1. The summed E-state index contributed by atoms with van der Waals surface area (Å²) >= 11 is 0. The van der Waals surface area contributed by atoms with Crippen molar-refractivity contribution in [2.24, 2.45) is 5.14 Å². The van der Waals surface area contributed by atoms with E-state index in [1.165, 1.54) is 0 Å². The van der Waals surface area contributed by atoms with Gasteiger partial charge in [0.05, 0.1) is 6.20 Å². The zero-order valence-electron chi connectivity index (χ0n) is 7.62. The molecule has 0 spiro atoms. The average Bonchev–Trinajstić information content (AvgIpc) is 2.67. The third-order valence-corrected chi connectivity index (χ3v) is 2.54. The van der Waals surface area contributed by atoms with Crippen molar-refractivity contribution in [1.82, 2.24) is 4.98 Å². The molecule has 2 rings (SSSR count). The van der Waals surface area contributed by atoms with Gasteiger partial charge in [-0.25, -0.2) is 18.5 Å². The molecule has 0 bridgehead atoms. The van der Waals surface area contributed by atoms with Crippen LogP contribution in [-0.4, -0.2) is 13.4 Å². The van der Waals surface area contributed by atoms with Crippen LogP contribution in [0.2, 0.25) is 0 Å². The van der Waals surface area contributed by atoms with Crippen LogP contribution >= 0.6 is 0 Å². The molecule has 1 heterocycles. The van der Waals surface area contributed by atoms with Crippen molar-refractivity contribution in [2.75, 3.05) is 0 Å². The van der Waals surface area contributed by atoms with Crippen LogP contribution in [0, 0.1) is 0 Å². The van der Waals surface area contributed by atoms with E-state index in [2.05, 4.69) is 4.98 Å². The second-order valence-corrected chi connectivity index (χ2v) is 4.39. The maximum atomic E-state index is 10.9. The lowest BCUT2D eigenvalue weighted by molar-refractivity contribution is 0.459. The summed E-state index contributed by atoms with van der Waals surface area (Å²) in [4.78, 5) is 3.83. The molecule has 2 aromatic rings. The Morgan fingerprint density at radius 2 is 1.87 bits per heavy atom. The van der Waals surface area contributed by atoms with Gasteiger partial charge in [-0.2, -0.15) is 0 Å². The van der Waals surface area contributed by atoms with Gasteiger partial charge in [0.15, 0.2) is 0 Å². The first kappa shape index (κ1) is 9.88. The first-order valence-electron chi connectivity index (χ1n) is 4.11. The maximum Gasteiger partial charge on any atom is 0.273 e. The maximum absolute atomic E-state index is 10.9. The monoisotopic (exact) mass is 224 g/mol. The SMILES string of the molecule is NS(=O)(=O)c1cnc(-c2ccccc2)o1. The van der Waals surface area contributed by atoms with E-state index in [-0.39, 0.29) is 11.0 Å². The molecule has 0 amide bonds. The molecule has 1 aromatic heterocycles. The first-order valence-corrected chi connectivity index (χ1v) is 5.66. The van der Waals surface area contributed by atoms with Crippen molar-refractivity contribution in [3.05, 3.63) is 36.5 Å². The van der Waals surface area contributed by atoms with E-state index in [0.717, 1.165) is 6.20 Å². The average molecular weight is 224 g/mol. The number of nitrogens with two attached hydrogens (primary N) is 1. The van der Waals surface area contributed by atoms with Gasteiger partial charge in [0, 0.05) is 5.56 Å². The number of sulfonamides is 1. The normalized spacial score (nSPS) is 11.5. The predicted molar refractivity (Wildman–Crippen MR) is 53.3 cm³/mol. The molecule has 2 N–H and O–H groups in total. The number of rotatable bonds is 2. The Hall–Kier alpha value is -1.66. The second-order valence-electron chi connectivity index (χ2n) is 2.90. The number of benzene rings is 1. The lowest BCUT2D eigenvalue weighted by atomic mass is 10.2. The Labute approximate surface area is 86.6 Å². The fourth-order valence-corrected chi connectivity index (χ4v) is 1.50. The van der Waals surface area contributed by atoms with Gasteiger partial charge >= 0.3 is 0 Å². The molecule has 78 valence electrons. The van der Waals surface area contributed by atoms with E-state index in [1.54, 1.807) is 24.3 Å². The van der Waals surface area contributed by atoms with Crippen molar-refractivity contribution in [1.29, 1.82) is 0 Å². The van der Waals surface area contributed by atoms with Gasteiger partial charge in [-0.1, -0.05) is 18.2 Å². The molecule has 0 saturated heterocycles. The smallest absolute Gasteiger partial charge is 0.273 e. The van der Waals surface area contributed by atoms with Gasteiger partial charge in [0.2, 0.25) is 5.89 Å². The highest BCUT2D eigenvalue weighted by Crippen LogP contribution is 2.19. The minimum atomic E-state index is -3.82. The predicted octanol–water partition coefficient (Wildman–Crippen LogP) is 0.989. The largest absolute Gasteiger partial charge is 0.423 e. The third kappa shape index (κ3) is 2.05. The summed E-state index contributed by atoms with van der Waals surface area (Å²) in [5.74, 6) is 0.236. The van der Waals surface area contributed by atoms with Crippen molar-refractivity contribution in [2.45, 2.75) is 5.09 Å². The first-order chi connectivity index (χ1) is 7.07. The Morgan fingerprint density at radius 1 is 1.20 bits per heavy atom. The molecule has 0 aliphatic heterocycles. The van der Waals surface area contributed by atoms with E-state index in [4.69, 9.17) is 9.56 Å². The highest BCUT2D eigenvalue weighted by Gasteiger charge is 2.15. The number of hydrogen-bond donors (Lipinski definition) is 1. The quantitative estimate of drug-likeness (QED) is 0.824. The summed E-state index contributed by atoms with van der Waals surface area (Å²) in [6, 6.07) is 8.97. The lowest BCUT2D eigenvalue weighted by Crippen LogP contribution is -2.10. The molecule has 1 aromatic carbocycles. The van der Waals surface area contributed by atoms with Gasteiger partial charge in [-0.15, -0.1) is 0 Å². The standard InChI is InChI=1S/C9H8N2O3S/c10-15(12,13)8-6-11-9(14-8)7-4-2-1-3-5-7/h1-6H,(H2,10,12,13). The molecule has 15 heavy (non-hydrogen) atoms. The van der Waals surface area contributed by atoms with Crippen LogP contribution < -0.4 is 5.14 Å². The van der Waals surface area contributed by atoms with E-state index in [1.807, 2.05) is 6.07 Å². The van der Waals surface area contributed by atoms with E-state index >= 15 is 0 Å². The molecule has 5 nitrogen and oxygen atoms in total. The summed E-state index contributed by atoms with van der Waals surface area (Å²) in [6.45, 7) is 0. The van der Waals surface area contributed by atoms with Crippen molar-refractivity contribution >= 4 is 10.0 Å². The number of hydrogen-bond acceptors (Lipinski definition) is 4. The van der Waals surface area contributed by atoms with Crippen LogP contribution in [0.1, 0.15) is 0 Å². The summed E-state index contributed by atoms with van der Waals surface area (Å²) in [7, 11) is -3.82. The molecule has 6 heteroatoms. The van der Waals surface area contributed by atoms with Crippen LogP contribution in [0.4, 0.5) is 0 Å². The van der Waals surface area contributed by atoms with Crippen LogP contribution in [0.25, 0.3) is 11.5 Å². The van der Waals surface area contributed by atoms with Gasteiger partial charge in [-0.3, -0.25) is 0 Å². The zero-order chi connectivity index (χ0) is 10.9. The minimum Gasteiger partial charge on any atom is -0.423 e. The summed E-state index contributed by atoms with van der Waals surface area (Å²) < 4.78 is 26.9.